The number of piperidine rings is 1. The van der Waals surface area contributed by atoms with Crippen molar-refractivity contribution in [1.29, 1.82) is 0 Å². The van der Waals surface area contributed by atoms with Crippen molar-refractivity contribution in [3.63, 3.8) is 0 Å². The number of nitrogens with zero attached hydrogens (tertiary/aromatic N) is 1. The minimum Gasteiger partial charge on any atom is -0.393 e. The highest BCUT2D eigenvalue weighted by Gasteiger charge is 2.31. The van der Waals surface area contributed by atoms with Crippen molar-refractivity contribution >= 4 is 5.91 Å². The number of amides is 1. The van der Waals surface area contributed by atoms with Gasteiger partial charge in [0.25, 0.3) is 0 Å². The van der Waals surface area contributed by atoms with Gasteiger partial charge in [-0.2, -0.15) is 0 Å². The number of likely N-dealkylation sites (N-methyl/N-ethyl adjacent to an activating group) is 1. The second-order valence-electron chi connectivity index (χ2n) is 7.17. The van der Waals surface area contributed by atoms with Crippen molar-refractivity contribution in [3.8, 4) is 0 Å². The normalized spacial score (nSPS) is 26.3. The van der Waals surface area contributed by atoms with E-state index in [1.807, 2.05) is 27.7 Å². The molecular weight excluding hydrogens is 252 g/mol. The fourth-order valence-electron chi connectivity index (χ4n) is 2.79. The van der Waals surface area contributed by atoms with E-state index in [4.69, 9.17) is 0 Å². The van der Waals surface area contributed by atoms with Crippen molar-refractivity contribution in [3.05, 3.63) is 0 Å². The number of likely N-dealkylation sites (tertiary alicyclic amines) is 1. The largest absolute Gasteiger partial charge is 0.393 e. The molecule has 1 aliphatic heterocycles. The molecule has 4 heteroatoms. The van der Waals surface area contributed by atoms with Gasteiger partial charge in [-0.05, 0) is 31.7 Å². The van der Waals surface area contributed by atoms with Gasteiger partial charge in [0, 0.05) is 24.5 Å². The lowest BCUT2D eigenvalue weighted by Gasteiger charge is -2.39. The molecule has 4 nitrogen and oxygen atoms in total. The Hall–Kier alpha value is -0.610. The average molecular weight is 284 g/mol. The van der Waals surface area contributed by atoms with Gasteiger partial charge in [-0.25, -0.2) is 0 Å². The minimum absolute atomic E-state index is 0.121. The third-order valence-electron chi connectivity index (χ3n) is 4.15. The Bertz CT molecular complexity index is 310. The van der Waals surface area contributed by atoms with Crippen molar-refractivity contribution in [2.75, 3.05) is 19.6 Å². The number of carbonyl (C=O) groups excluding carboxylic acids is 1. The SMILES string of the molecule is CCC(O)CC1CC(NC(=O)C(C)(C)C)CN(CC)C1. The molecule has 1 heterocycles. The number of hydrogen-bond donors (Lipinski definition) is 2. The van der Waals surface area contributed by atoms with E-state index in [0.29, 0.717) is 5.92 Å². The van der Waals surface area contributed by atoms with Gasteiger partial charge in [-0.1, -0.05) is 34.6 Å². The molecule has 1 saturated heterocycles. The molecule has 0 aliphatic carbocycles. The molecule has 0 aromatic rings. The summed E-state index contributed by atoms with van der Waals surface area (Å²) in [5.41, 5.74) is -0.340. The van der Waals surface area contributed by atoms with Gasteiger partial charge in [0.1, 0.15) is 0 Å². The quantitative estimate of drug-likeness (QED) is 0.812. The first-order chi connectivity index (χ1) is 9.26. The smallest absolute Gasteiger partial charge is 0.225 e. The highest BCUT2D eigenvalue weighted by molar-refractivity contribution is 5.81. The van der Waals surface area contributed by atoms with Crippen LogP contribution in [0.25, 0.3) is 0 Å². The number of aliphatic hydroxyl groups is 1. The van der Waals surface area contributed by atoms with E-state index in [0.717, 1.165) is 38.9 Å². The van der Waals surface area contributed by atoms with Gasteiger partial charge in [-0.3, -0.25) is 4.79 Å². The van der Waals surface area contributed by atoms with Gasteiger partial charge >= 0.3 is 0 Å². The first-order valence-electron chi connectivity index (χ1n) is 7.97. The summed E-state index contributed by atoms with van der Waals surface area (Å²) >= 11 is 0. The number of rotatable bonds is 5. The molecule has 0 bridgehead atoms. The monoisotopic (exact) mass is 284 g/mol. The van der Waals surface area contributed by atoms with Crippen LogP contribution in [0.1, 0.15) is 53.9 Å². The summed E-state index contributed by atoms with van der Waals surface area (Å²) < 4.78 is 0. The first-order valence-corrected chi connectivity index (χ1v) is 7.97. The van der Waals surface area contributed by atoms with Crippen molar-refractivity contribution < 1.29 is 9.90 Å². The molecule has 3 atom stereocenters. The molecule has 0 spiro atoms. The van der Waals surface area contributed by atoms with Crippen LogP contribution in [0.2, 0.25) is 0 Å². The number of nitrogens with one attached hydrogen (secondary N) is 1. The minimum atomic E-state index is -0.340. The summed E-state index contributed by atoms with van der Waals surface area (Å²) in [5, 5.41) is 13.0. The zero-order valence-corrected chi connectivity index (χ0v) is 13.8. The summed E-state index contributed by atoms with van der Waals surface area (Å²) in [6.07, 6.45) is 2.42. The molecule has 3 unspecified atom stereocenters. The predicted molar refractivity (Wildman–Crippen MR) is 82.5 cm³/mol. The summed E-state index contributed by atoms with van der Waals surface area (Å²) in [6.45, 7) is 13.0. The van der Waals surface area contributed by atoms with Crippen molar-refractivity contribution in [1.82, 2.24) is 10.2 Å². The van der Waals surface area contributed by atoms with E-state index < -0.39 is 0 Å². The Morgan fingerprint density at radius 2 is 2.00 bits per heavy atom. The fourth-order valence-corrected chi connectivity index (χ4v) is 2.79. The molecule has 1 fully saturated rings. The van der Waals surface area contributed by atoms with E-state index in [1.165, 1.54) is 0 Å². The van der Waals surface area contributed by atoms with Crippen molar-refractivity contribution in [2.24, 2.45) is 11.3 Å². The third kappa shape index (κ3) is 5.41. The molecule has 0 aromatic carbocycles. The maximum Gasteiger partial charge on any atom is 0.225 e. The van der Waals surface area contributed by atoms with Gasteiger partial charge in [0.2, 0.25) is 5.91 Å². The Morgan fingerprint density at radius 1 is 1.35 bits per heavy atom. The van der Waals surface area contributed by atoms with E-state index in [1.54, 1.807) is 0 Å². The Morgan fingerprint density at radius 3 is 2.50 bits per heavy atom. The maximum absolute atomic E-state index is 12.1. The molecule has 1 rings (SSSR count). The van der Waals surface area contributed by atoms with Gasteiger partial charge < -0.3 is 15.3 Å². The summed E-state index contributed by atoms with van der Waals surface area (Å²) in [7, 11) is 0. The summed E-state index contributed by atoms with van der Waals surface area (Å²) in [5.74, 6) is 0.596. The molecule has 0 aromatic heterocycles. The van der Waals surface area contributed by atoms with Gasteiger partial charge in [0.05, 0.1) is 6.10 Å². The predicted octanol–water partition coefficient (Wildman–Crippen LogP) is 2.02. The summed E-state index contributed by atoms with van der Waals surface area (Å²) in [6, 6.07) is 0.212. The van der Waals surface area contributed by atoms with Crippen LogP contribution >= 0.6 is 0 Å². The van der Waals surface area contributed by atoms with Crippen LogP contribution in [0.5, 0.6) is 0 Å². The highest BCUT2D eigenvalue weighted by atomic mass is 16.3. The van der Waals surface area contributed by atoms with Crippen LogP contribution in [-0.4, -0.2) is 47.7 Å². The van der Waals surface area contributed by atoms with Crippen LogP contribution < -0.4 is 5.32 Å². The molecular formula is C16H32N2O2. The van der Waals surface area contributed by atoms with Crippen LogP contribution in [0.4, 0.5) is 0 Å². The second-order valence-corrected chi connectivity index (χ2v) is 7.17. The van der Waals surface area contributed by atoms with E-state index >= 15 is 0 Å². The molecule has 20 heavy (non-hydrogen) atoms. The van der Waals surface area contributed by atoms with E-state index in [-0.39, 0.29) is 23.5 Å². The highest BCUT2D eigenvalue weighted by Crippen LogP contribution is 2.23. The summed E-state index contributed by atoms with van der Waals surface area (Å²) in [4.78, 5) is 14.5. The molecule has 1 aliphatic rings. The van der Waals surface area contributed by atoms with Gasteiger partial charge in [0.15, 0.2) is 0 Å². The number of aliphatic hydroxyl groups excluding tert-OH is 1. The Balaban J connectivity index is 2.60. The zero-order chi connectivity index (χ0) is 15.3. The van der Waals surface area contributed by atoms with Crippen LogP contribution in [0.15, 0.2) is 0 Å². The lowest BCUT2D eigenvalue weighted by molar-refractivity contribution is -0.129. The van der Waals surface area contributed by atoms with E-state index in [9.17, 15) is 9.90 Å². The molecule has 118 valence electrons. The van der Waals surface area contributed by atoms with Crippen molar-refractivity contribution in [2.45, 2.75) is 66.0 Å². The molecule has 0 saturated carbocycles. The molecule has 1 amide bonds. The zero-order valence-electron chi connectivity index (χ0n) is 13.8. The van der Waals surface area contributed by atoms with Crippen LogP contribution in [0.3, 0.4) is 0 Å². The van der Waals surface area contributed by atoms with E-state index in [2.05, 4.69) is 17.1 Å². The fraction of sp³-hybridized carbons (Fsp3) is 0.938. The Labute approximate surface area is 123 Å². The lowest BCUT2D eigenvalue weighted by atomic mass is 9.87. The maximum atomic E-state index is 12.1. The van der Waals surface area contributed by atoms with Crippen LogP contribution in [0, 0.1) is 11.3 Å². The molecule has 2 N–H and O–H groups in total. The topological polar surface area (TPSA) is 52.6 Å². The molecule has 0 radical (unpaired) electrons. The Kier molecular flexibility index (Phi) is 6.46. The van der Waals surface area contributed by atoms with Crippen LogP contribution in [-0.2, 0) is 4.79 Å². The average Bonchev–Trinajstić information content (AvgIpc) is 2.37. The number of carbonyl (C=O) groups is 1. The van der Waals surface area contributed by atoms with Gasteiger partial charge in [-0.15, -0.1) is 0 Å². The standard InChI is InChI=1S/C16H32N2O2/c1-6-14(19)9-12-8-13(11-18(7-2)10-12)17-15(20)16(3,4)5/h12-14,19H,6-11H2,1-5H3,(H,17,20). The lowest BCUT2D eigenvalue weighted by Crippen LogP contribution is -2.53. The first kappa shape index (κ1) is 17.4. The number of hydrogen-bond acceptors (Lipinski definition) is 3. The third-order valence-corrected chi connectivity index (χ3v) is 4.15. The second kappa shape index (κ2) is 7.41.